The summed E-state index contributed by atoms with van der Waals surface area (Å²) < 4.78 is 0. The Hall–Kier alpha value is -2.63. The van der Waals surface area contributed by atoms with E-state index in [0.29, 0.717) is 24.1 Å². The molecule has 4 rings (SSSR count). The minimum absolute atomic E-state index is 0.124. The van der Waals surface area contributed by atoms with Gasteiger partial charge in [-0.3, -0.25) is 4.79 Å². The van der Waals surface area contributed by atoms with Crippen LogP contribution in [0.2, 0.25) is 0 Å². The fraction of sp³-hybridized carbons (Fsp3) is 0.389. The lowest BCUT2D eigenvalue weighted by atomic mass is 9.79. The Balaban J connectivity index is 1.81. The number of Topliss-reactive ketones (excluding diaryl/α,β-unsaturated/α-hetero) is 1. The lowest BCUT2D eigenvalue weighted by Gasteiger charge is -2.45. The third-order valence-electron chi connectivity index (χ3n) is 5.12. The van der Waals surface area contributed by atoms with Gasteiger partial charge in [0.2, 0.25) is 0 Å². The number of hydrazone groups is 1. The van der Waals surface area contributed by atoms with Gasteiger partial charge in [-0.2, -0.15) is 5.10 Å². The third kappa shape index (κ3) is 2.38. The number of amides is 2. The van der Waals surface area contributed by atoms with E-state index in [1.807, 2.05) is 0 Å². The molecule has 3 aliphatic rings. The molecule has 0 spiro atoms. The molecular formula is C18H20N4O2. The molecule has 1 atom stereocenters. The molecule has 0 saturated carbocycles. The van der Waals surface area contributed by atoms with Crippen molar-refractivity contribution in [1.29, 1.82) is 0 Å². The Morgan fingerprint density at radius 1 is 1.25 bits per heavy atom. The monoisotopic (exact) mass is 324 g/mol. The van der Waals surface area contributed by atoms with Crippen LogP contribution in [0.3, 0.4) is 0 Å². The van der Waals surface area contributed by atoms with Crippen molar-refractivity contribution in [1.82, 2.24) is 10.3 Å². The van der Waals surface area contributed by atoms with Crippen molar-refractivity contribution >= 4 is 17.5 Å². The van der Waals surface area contributed by atoms with Gasteiger partial charge >= 0.3 is 6.03 Å². The van der Waals surface area contributed by atoms with Crippen LogP contribution in [0.5, 0.6) is 0 Å². The largest absolute Gasteiger partial charge is 0.366 e. The zero-order chi connectivity index (χ0) is 16.7. The van der Waals surface area contributed by atoms with Gasteiger partial charge in [-0.15, -0.1) is 0 Å². The van der Waals surface area contributed by atoms with E-state index in [4.69, 9.17) is 5.73 Å². The molecule has 2 amide bonds. The Morgan fingerprint density at radius 3 is 2.92 bits per heavy atom. The van der Waals surface area contributed by atoms with Crippen molar-refractivity contribution in [2.24, 2.45) is 10.8 Å². The van der Waals surface area contributed by atoms with Crippen molar-refractivity contribution in [2.75, 3.05) is 6.54 Å². The number of rotatable bonds is 1. The molecule has 0 saturated heterocycles. The van der Waals surface area contributed by atoms with Crippen LogP contribution in [0.1, 0.15) is 42.9 Å². The second kappa shape index (κ2) is 5.78. The maximum Gasteiger partial charge on any atom is 0.332 e. The first kappa shape index (κ1) is 14.9. The van der Waals surface area contributed by atoms with Crippen LogP contribution in [0.15, 0.2) is 40.6 Å². The zero-order valence-electron chi connectivity index (χ0n) is 13.4. The highest BCUT2D eigenvalue weighted by Gasteiger charge is 2.39. The van der Waals surface area contributed by atoms with Gasteiger partial charge < -0.3 is 10.6 Å². The number of fused-ring (bicyclic) bond motifs is 4. The van der Waals surface area contributed by atoms with E-state index in [1.165, 1.54) is 11.1 Å². The van der Waals surface area contributed by atoms with Crippen molar-refractivity contribution < 1.29 is 9.59 Å². The Labute approximate surface area is 140 Å². The van der Waals surface area contributed by atoms with E-state index in [9.17, 15) is 9.59 Å². The normalized spacial score (nSPS) is 24.3. The summed E-state index contributed by atoms with van der Waals surface area (Å²) in [7, 11) is 0. The van der Waals surface area contributed by atoms with Crippen LogP contribution >= 0.6 is 0 Å². The number of primary amides is 1. The molecule has 1 aliphatic carbocycles. The topological polar surface area (TPSA) is 87.8 Å². The summed E-state index contributed by atoms with van der Waals surface area (Å²) in [5.41, 5.74) is 12.6. The molecule has 3 N–H and O–H groups in total. The molecule has 124 valence electrons. The molecule has 2 heterocycles. The first-order chi connectivity index (χ1) is 11.6. The SMILES string of the molecule is NC(=O)N/N=C1/C[C@@H]2c3ccccc3CCN2C2=C1C(=O)CCC2. The molecule has 1 aromatic rings. The van der Waals surface area contributed by atoms with E-state index in [-0.39, 0.29) is 11.8 Å². The lowest BCUT2D eigenvalue weighted by Crippen LogP contribution is -2.43. The second-order valence-electron chi connectivity index (χ2n) is 6.50. The minimum atomic E-state index is -0.709. The van der Waals surface area contributed by atoms with E-state index < -0.39 is 6.03 Å². The average molecular weight is 324 g/mol. The number of carbonyl (C=O) groups is 2. The van der Waals surface area contributed by atoms with Gasteiger partial charge in [-0.25, -0.2) is 10.2 Å². The molecule has 24 heavy (non-hydrogen) atoms. The summed E-state index contributed by atoms with van der Waals surface area (Å²) in [6, 6.07) is 7.90. The number of ketones is 1. The summed E-state index contributed by atoms with van der Waals surface area (Å²) in [6.07, 6.45) is 3.91. The third-order valence-corrected chi connectivity index (χ3v) is 5.12. The highest BCUT2D eigenvalue weighted by molar-refractivity contribution is 6.24. The standard InChI is InChI=1S/C18H20N4O2/c19-18(24)21-20-13-10-15-12-5-2-1-4-11(12)8-9-22(15)14-6-3-7-16(23)17(13)14/h1-2,4-5,15H,3,6-10H2,(H3,19,21,24)/b20-13-/t15-/m1/s1. The Morgan fingerprint density at radius 2 is 2.08 bits per heavy atom. The predicted octanol–water partition coefficient (Wildman–Crippen LogP) is 2.02. The van der Waals surface area contributed by atoms with E-state index in [1.54, 1.807) is 0 Å². The number of allylic oxidation sites excluding steroid dienone is 2. The summed E-state index contributed by atoms with van der Waals surface area (Å²) in [6.45, 7) is 0.921. The number of hydrogen-bond donors (Lipinski definition) is 2. The van der Waals surface area contributed by atoms with Gasteiger partial charge in [0.1, 0.15) is 0 Å². The Bertz CT molecular complexity index is 781. The molecule has 0 unspecified atom stereocenters. The Kier molecular flexibility index (Phi) is 3.59. The van der Waals surface area contributed by atoms with Gasteiger partial charge in [0.25, 0.3) is 0 Å². The summed E-state index contributed by atoms with van der Waals surface area (Å²) in [5, 5.41) is 4.17. The minimum Gasteiger partial charge on any atom is -0.366 e. The number of nitrogens with one attached hydrogen (secondary N) is 1. The summed E-state index contributed by atoms with van der Waals surface area (Å²) in [4.78, 5) is 25.9. The maximum atomic E-state index is 12.5. The second-order valence-corrected chi connectivity index (χ2v) is 6.50. The molecule has 6 nitrogen and oxygen atoms in total. The van der Waals surface area contributed by atoms with E-state index in [2.05, 4.69) is 39.7 Å². The van der Waals surface area contributed by atoms with Crippen LogP contribution in [0.25, 0.3) is 0 Å². The fourth-order valence-corrected chi connectivity index (χ4v) is 4.15. The van der Waals surface area contributed by atoms with Gasteiger partial charge in [-0.1, -0.05) is 24.3 Å². The van der Waals surface area contributed by atoms with Crippen molar-refractivity contribution in [3.05, 3.63) is 46.7 Å². The van der Waals surface area contributed by atoms with Crippen LogP contribution in [-0.4, -0.2) is 29.0 Å². The van der Waals surface area contributed by atoms with E-state index >= 15 is 0 Å². The van der Waals surface area contributed by atoms with Crippen LogP contribution in [0, 0.1) is 0 Å². The molecule has 0 fully saturated rings. The highest BCUT2D eigenvalue weighted by atomic mass is 16.2. The zero-order valence-corrected chi connectivity index (χ0v) is 13.4. The molecule has 2 aliphatic heterocycles. The van der Waals surface area contributed by atoms with Gasteiger partial charge in [0.15, 0.2) is 5.78 Å². The number of nitrogens with two attached hydrogens (primary N) is 1. The molecule has 6 heteroatoms. The van der Waals surface area contributed by atoms with Crippen LogP contribution in [0.4, 0.5) is 4.79 Å². The number of urea groups is 1. The quantitative estimate of drug-likeness (QED) is 0.775. The van der Waals surface area contributed by atoms with Crippen molar-refractivity contribution in [3.63, 3.8) is 0 Å². The molecule has 0 aromatic heterocycles. The van der Waals surface area contributed by atoms with Crippen molar-refractivity contribution in [3.8, 4) is 0 Å². The smallest absolute Gasteiger partial charge is 0.332 e. The predicted molar refractivity (Wildman–Crippen MR) is 90.2 cm³/mol. The average Bonchev–Trinajstić information content (AvgIpc) is 2.59. The molecular weight excluding hydrogens is 304 g/mol. The number of carbonyl (C=O) groups excluding carboxylic acids is 2. The summed E-state index contributed by atoms with van der Waals surface area (Å²) >= 11 is 0. The van der Waals surface area contributed by atoms with Crippen molar-refractivity contribution in [2.45, 2.75) is 38.1 Å². The molecule has 1 aromatic carbocycles. The lowest BCUT2D eigenvalue weighted by molar-refractivity contribution is -0.115. The van der Waals surface area contributed by atoms with E-state index in [0.717, 1.165) is 31.5 Å². The number of benzene rings is 1. The van der Waals surface area contributed by atoms with Crippen LogP contribution in [-0.2, 0) is 11.2 Å². The van der Waals surface area contributed by atoms with Crippen LogP contribution < -0.4 is 11.2 Å². The number of hydrogen-bond acceptors (Lipinski definition) is 4. The van der Waals surface area contributed by atoms with Gasteiger partial charge in [0, 0.05) is 25.1 Å². The first-order valence-corrected chi connectivity index (χ1v) is 8.38. The first-order valence-electron chi connectivity index (χ1n) is 8.38. The number of nitrogens with zero attached hydrogens (tertiary/aromatic N) is 2. The van der Waals surface area contributed by atoms with Gasteiger partial charge in [-0.05, 0) is 30.4 Å². The van der Waals surface area contributed by atoms with Gasteiger partial charge in [0.05, 0.1) is 17.3 Å². The molecule has 0 radical (unpaired) electrons. The molecule has 0 bridgehead atoms. The maximum absolute atomic E-state index is 12.5. The fourth-order valence-electron chi connectivity index (χ4n) is 4.15. The highest BCUT2D eigenvalue weighted by Crippen LogP contribution is 2.43. The summed E-state index contributed by atoms with van der Waals surface area (Å²) in [5.74, 6) is 0.124.